The topological polar surface area (TPSA) is 181 Å². The number of likely N-dealkylation sites (N-methyl/N-ethyl adjacent to an activating group) is 1. The Hall–Kier alpha value is -1.70. The fourth-order valence-corrected chi connectivity index (χ4v) is 5.22. The molecule has 3 atom stereocenters. The van der Waals surface area contributed by atoms with Crippen LogP contribution in [-0.4, -0.2) is 103 Å². The van der Waals surface area contributed by atoms with Crippen molar-refractivity contribution in [1.82, 2.24) is 15.5 Å². The number of phosphoric ester groups is 1. The predicted octanol–water partition coefficient (Wildman–Crippen LogP) is 0.398. The van der Waals surface area contributed by atoms with E-state index in [1.54, 1.807) is 13.8 Å². The van der Waals surface area contributed by atoms with Gasteiger partial charge in [-0.3, -0.25) is 32.7 Å². The molecule has 34 heavy (non-hydrogen) atoms. The number of hydrogen-bond acceptors (Lipinski definition) is 10. The number of phosphoric acid groups is 1. The van der Waals surface area contributed by atoms with Gasteiger partial charge in [-0.25, -0.2) is 4.57 Å². The lowest BCUT2D eigenvalue weighted by Crippen LogP contribution is -2.50. The highest BCUT2D eigenvalue weighted by molar-refractivity contribution is 8.00. The van der Waals surface area contributed by atoms with Crippen molar-refractivity contribution in [1.29, 1.82) is 0 Å². The van der Waals surface area contributed by atoms with E-state index in [1.165, 1.54) is 0 Å². The number of nitrogens with one attached hydrogen (secondary N) is 2. The summed E-state index contributed by atoms with van der Waals surface area (Å²) in [5.74, 6) is -3.16. The first-order valence-electron chi connectivity index (χ1n) is 10.6. The highest BCUT2D eigenvalue weighted by Crippen LogP contribution is 2.57. The molecular weight excluding hydrogens is 493 g/mol. The molecule has 13 nitrogen and oxygen atoms in total. The Kier molecular flexibility index (Phi) is 12.5. The summed E-state index contributed by atoms with van der Waals surface area (Å²) >= 11 is 0.920. The molecule has 1 aliphatic heterocycles. The lowest BCUT2D eigenvalue weighted by atomic mass is 9.87. The number of thioether (sulfide) groups is 1. The van der Waals surface area contributed by atoms with Gasteiger partial charge in [0.05, 0.1) is 19.6 Å². The standard InChI is InChI=1S/C19H34N3O10PS/c1-19(2)12-31-33(29,30-9-8-22(3)4)32-16(19)17(26)21-6-5-14(23)20-7-10-34-13(18(27)28)11-15(24)25/h13,16H,5-12H2,1-4H3,(H,20,23)(H,21,26)(H,24,25)(H,27,28)/t13?,16-,33?/m0/s1. The van der Waals surface area contributed by atoms with E-state index in [9.17, 15) is 23.7 Å². The summed E-state index contributed by atoms with van der Waals surface area (Å²) in [4.78, 5) is 48.1. The number of aliphatic carboxylic acids is 2. The van der Waals surface area contributed by atoms with E-state index in [1.807, 2.05) is 19.0 Å². The number of rotatable bonds is 15. The van der Waals surface area contributed by atoms with E-state index in [2.05, 4.69) is 10.6 Å². The molecule has 0 spiro atoms. The molecule has 0 aliphatic carbocycles. The molecule has 0 aromatic carbocycles. The molecule has 1 saturated heterocycles. The summed E-state index contributed by atoms with van der Waals surface area (Å²) in [5, 5.41) is 21.8. The third-order valence-corrected chi connectivity index (χ3v) is 7.22. The van der Waals surface area contributed by atoms with Crippen molar-refractivity contribution in [2.75, 3.05) is 52.7 Å². The summed E-state index contributed by atoms with van der Waals surface area (Å²) in [6, 6.07) is 0. The van der Waals surface area contributed by atoms with Gasteiger partial charge in [0.25, 0.3) is 0 Å². The van der Waals surface area contributed by atoms with Crippen molar-refractivity contribution in [2.45, 2.75) is 38.0 Å². The Morgan fingerprint density at radius 2 is 1.88 bits per heavy atom. The molecule has 4 N–H and O–H groups in total. The van der Waals surface area contributed by atoms with Crippen LogP contribution in [0.15, 0.2) is 0 Å². The molecule has 2 amide bonds. The van der Waals surface area contributed by atoms with Crippen molar-refractivity contribution in [3.05, 3.63) is 0 Å². The van der Waals surface area contributed by atoms with Gasteiger partial charge in [0, 0.05) is 37.2 Å². The van der Waals surface area contributed by atoms with Crippen LogP contribution >= 0.6 is 19.6 Å². The van der Waals surface area contributed by atoms with Gasteiger partial charge in [-0.15, -0.1) is 11.8 Å². The maximum absolute atomic E-state index is 12.7. The molecule has 0 radical (unpaired) electrons. The second-order valence-electron chi connectivity index (χ2n) is 8.52. The number of carboxylic acids is 2. The summed E-state index contributed by atoms with van der Waals surface area (Å²) in [6.45, 7) is 4.16. The molecule has 1 heterocycles. The summed E-state index contributed by atoms with van der Waals surface area (Å²) < 4.78 is 28.7. The second-order valence-corrected chi connectivity index (χ2v) is 11.4. The van der Waals surface area contributed by atoms with Gasteiger partial charge in [0.2, 0.25) is 11.8 Å². The zero-order chi connectivity index (χ0) is 25.9. The zero-order valence-corrected chi connectivity index (χ0v) is 21.5. The fraction of sp³-hybridized carbons (Fsp3) is 0.789. The summed E-state index contributed by atoms with van der Waals surface area (Å²) in [6.07, 6.45) is -1.67. The zero-order valence-electron chi connectivity index (χ0n) is 19.8. The maximum Gasteiger partial charge on any atom is 0.475 e. The lowest BCUT2D eigenvalue weighted by Gasteiger charge is -2.39. The van der Waals surface area contributed by atoms with E-state index in [4.69, 9.17) is 23.8 Å². The van der Waals surface area contributed by atoms with Gasteiger partial charge in [-0.1, -0.05) is 13.8 Å². The summed E-state index contributed by atoms with van der Waals surface area (Å²) in [5.41, 5.74) is -0.779. The van der Waals surface area contributed by atoms with Crippen LogP contribution in [0.4, 0.5) is 0 Å². The maximum atomic E-state index is 12.7. The first-order valence-corrected chi connectivity index (χ1v) is 13.1. The highest BCUT2D eigenvalue weighted by atomic mass is 32.2. The van der Waals surface area contributed by atoms with E-state index in [0.717, 1.165) is 11.8 Å². The third-order valence-electron chi connectivity index (χ3n) is 4.60. The molecule has 15 heteroatoms. The van der Waals surface area contributed by atoms with Crippen molar-refractivity contribution < 1.29 is 47.5 Å². The minimum absolute atomic E-state index is 0.00282. The highest BCUT2D eigenvalue weighted by Gasteiger charge is 2.49. The van der Waals surface area contributed by atoms with Crippen LogP contribution < -0.4 is 10.6 Å². The van der Waals surface area contributed by atoms with Crippen LogP contribution in [0.1, 0.15) is 26.7 Å². The van der Waals surface area contributed by atoms with E-state index >= 15 is 0 Å². The van der Waals surface area contributed by atoms with Gasteiger partial charge < -0.3 is 25.7 Å². The Morgan fingerprint density at radius 1 is 1.21 bits per heavy atom. The molecule has 196 valence electrons. The molecule has 1 fully saturated rings. The number of carbonyl (C=O) groups excluding carboxylic acids is 2. The van der Waals surface area contributed by atoms with Gasteiger partial charge in [0.15, 0.2) is 6.10 Å². The van der Waals surface area contributed by atoms with Crippen LogP contribution in [-0.2, 0) is 37.3 Å². The van der Waals surface area contributed by atoms with Crippen LogP contribution in [0.25, 0.3) is 0 Å². The Morgan fingerprint density at radius 3 is 2.47 bits per heavy atom. The SMILES string of the molecule is CN(C)CCOP1(=O)OCC(C)(C)[C@H](C(=O)NCCC(=O)NCCSC(CC(=O)O)C(=O)O)O1. The first-order chi connectivity index (χ1) is 15.8. The molecule has 0 aromatic rings. The molecule has 0 saturated carbocycles. The van der Waals surface area contributed by atoms with Crippen LogP contribution in [0.2, 0.25) is 0 Å². The number of carboxylic acid groups (broad SMARTS) is 2. The smallest absolute Gasteiger partial charge is 0.475 e. The molecule has 0 aromatic heterocycles. The van der Waals surface area contributed by atoms with Crippen LogP contribution in [0.5, 0.6) is 0 Å². The van der Waals surface area contributed by atoms with Crippen LogP contribution in [0.3, 0.4) is 0 Å². The predicted molar refractivity (Wildman–Crippen MR) is 123 cm³/mol. The quantitative estimate of drug-likeness (QED) is 0.170. The second kappa shape index (κ2) is 14.0. The van der Waals surface area contributed by atoms with Crippen molar-refractivity contribution in [3.63, 3.8) is 0 Å². The molecule has 1 rings (SSSR count). The molecule has 0 bridgehead atoms. The molecular formula is C19H34N3O10PS. The van der Waals surface area contributed by atoms with Gasteiger partial charge in [-0.05, 0) is 14.1 Å². The van der Waals surface area contributed by atoms with E-state index in [0.29, 0.717) is 6.54 Å². The van der Waals surface area contributed by atoms with Crippen molar-refractivity contribution in [3.8, 4) is 0 Å². The monoisotopic (exact) mass is 527 g/mol. The lowest BCUT2D eigenvalue weighted by molar-refractivity contribution is -0.142. The summed E-state index contributed by atoms with van der Waals surface area (Å²) in [7, 11) is -0.257. The fourth-order valence-electron chi connectivity index (χ4n) is 2.68. The van der Waals surface area contributed by atoms with Gasteiger partial charge >= 0.3 is 19.8 Å². The third kappa shape index (κ3) is 11.2. The van der Waals surface area contributed by atoms with E-state index < -0.39 is 48.9 Å². The average Bonchev–Trinajstić information content (AvgIpc) is 2.71. The van der Waals surface area contributed by atoms with Crippen molar-refractivity contribution >= 4 is 43.3 Å². The number of hydrogen-bond donors (Lipinski definition) is 4. The normalized spacial score (nSPS) is 22.7. The van der Waals surface area contributed by atoms with Crippen molar-refractivity contribution in [2.24, 2.45) is 5.41 Å². The van der Waals surface area contributed by atoms with Crippen LogP contribution in [0, 0.1) is 5.41 Å². The minimum atomic E-state index is -3.90. The largest absolute Gasteiger partial charge is 0.481 e. The number of nitrogens with zero attached hydrogens (tertiary/aromatic N) is 1. The first kappa shape index (κ1) is 30.3. The molecule has 2 unspecified atom stereocenters. The Bertz CT molecular complexity index is 779. The number of carbonyl (C=O) groups is 4. The van der Waals surface area contributed by atoms with E-state index in [-0.39, 0.29) is 44.4 Å². The molecule has 1 aliphatic rings. The minimum Gasteiger partial charge on any atom is -0.481 e. The average molecular weight is 528 g/mol. The Labute approximate surface area is 202 Å². The number of amides is 2. The Balaban J connectivity index is 2.42. The van der Waals surface area contributed by atoms with Gasteiger partial charge in [-0.2, -0.15) is 0 Å². The van der Waals surface area contributed by atoms with Gasteiger partial charge in [0.1, 0.15) is 5.25 Å².